The summed E-state index contributed by atoms with van der Waals surface area (Å²) < 4.78 is 4.57. The van der Waals surface area contributed by atoms with Gasteiger partial charge in [0.05, 0.1) is 12.7 Å². The van der Waals surface area contributed by atoms with E-state index in [1.807, 2.05) is 6.08 Å². The van der Waals surface area contributed by atoms with E-state index in [-0.39, 0.29) is 17.4 Å². The van der Waals surface area contributed by atoms with Crippen LogP contribution in [0.4, 0.5) is 0 Å². The fourth-order valence-corrected chi connectivity index (χ4v) is 6.73. The molecule has 0 bridgehead atoms. The zero-order valence-corrected chi connectivity index (χ0v) is 17.5. The van der Waals surface area contributed by atoms with Crippen molar-refractivity contribution in [2.75, 3.05) is 13.7 Å². The molecule has 0 saturated heterocycles. The molecule has 4 rings (SSSR count). The molecule has 1 N–H and O–H groups in total. The number of rotatable bonds is 3. The maximum atomic E-state index is 11.2. The SMILES string of the molecule is COC(=O)CO/N=C1\C=CC2(C)C(=C1)CCC1C2CCC2(C)C1CCC2(C)O. The van der Waals surface area contributed by atoms with Crippen LogP contribution in [-0.2, 0) is 14.4 Å². The Morgan fingerprint density at radius 2 is 1.96 bits per heavy atom. The van der Waals surface area contributed by atoms with Gasteiger partial charge in [-0.2, -0.15) is 0 Å². The van der Waals surface area contributed by atoms with Crippen molar-refractivity contribution in [3.8, 4) is 0 Å². The Kier molecular flexibility index (Phi) is 4.72. The van der Waals surface area contributed by atoms with Gasteiger partial charge in [-0.1, -0.05) is 30.7 Å². The van der Waals surface area contributed by atoms with E-state index < -0.39 is 11.6 Å². The van der Waals surface area contributed by atoms with Gasteiger partial charge in [0, 0.05) is 5.41 Å². The highest BCUT2D eigenvalue weighted by Gasteiger charge is 2.61. The van der Waals surface area contributed by atoms with Gasteiger partial charge < -0.3 is 14.7 Å². The number of hydrogen-bond donors (Lipinski definition) is 1. The molecule has 6 unspecified atom stereocenters. The Balaban J connectivity index is 1.54. The third-order valence-electron chi connectivity index (χ3n) is 8.71. The van der Waals surface area contributed by atoms with E-state index in [2.05, 4.69) is 42.8 Å². The average molecular weight is 388 g/mol. The Morgan fingerprint density at radius 1 is 1.21 bits per heavy atom. The molecule has 154 valence electrons. The number of aliphatic hydroxyl groups is 1. The number of ether oxygens (including phenoxy) is 1. The lowest BCUT2D eigenvalue weighted by atomic mass is 9.47. The summed E-state index contributed by atoms with van der Waals surface area (Å²) in [6.45, 7) is 6.59. The molecule has 5 heteroatoms. The van der Waals surface area contributed by atoms with Crippen LogP contribution in [-0.4, -0.2) is 36.1 Å². The molecule has 0 aliphatic heterocycles. The fourth-order valence-electron chi connectivity index (χ4n) is 6.73. The molecule has 0 radical (unpaired) electrons. The third-order valence-corrected chi connectivity index (χ3v) is 8.71. The van der Waals surface area contributed by atoms with Crippen LogP contribution in [0, 0.1) is 28.6 Å². The van der Waals surface area contributed by atoms with Gasteiger partial charge >= 0.3 is 5.97 Å². The minimum absolute atomic E-state index is 0.0540. The van der Waals surface area contributed by atoms with Gasteiger partial charge in [-0.3, -0.25) is 0 Å². The Hall–Kier alpha value is -1.62. The van der Waals surface area contributed by atoms with E-state index >= 15 is 0 Å². The number of allylic oxidation sites excluding steroid dienone is 4. The Morgan fingerprint density at radius 3 is 2.71 bits per heavy atom. The molecule has 5 nitrogen and oxygen atoms in total. The van der Waals surface area contributed by atoms with Gasteiger partial charge in [0.2, 0.25) is 6.61 Å². The van der Waals surface area contributed by atoms with Crippen molar-refractivity contribution in [3.63, 3.8) is 0 Å². The lowest BCUT2D eigenvalue weighted by Crippen LogP contribution is -2.53. The van der Waals surface area contributed by atoms with Crippen molar-refractivity contribution in [2.45, 2.75) is 64.9 Å². The standard InChI is InChI=1S/C23H33NO4/c1-21-10-7-16(24-28-14-20(25)27-4)13-15(21)5-6-17-18(21)8-11-22(2)19(17)9-12-23(22,3)26/h7,10,13,17-19,26H,5-6,8-9,11-12,14H2,1-4H3/b24-16+. The zero-order valence-electron chi connectivity index (χ0n) is 17.5. The van der Waals surface area contributed by atoms with E-state index in [9.17, 15) is 9.90 Å². The topological polar surface area (TPSA) is 68.1 Å². The van der Waals surface area contributed by atoms with Gasteiger partial charge in [-0.05, 0) is 80.8 Å². The lowest BCUT2D eigenvalue weighted by Gasteiger charge is -2.58. The van der Waals surface area contributed by atoms with Gasteiger partial charge in [-0.15, -0.1) is 0 Å². The van der Waals surface area contributed by atoms with Crippen molar-refractivity contribution in [2.24, 2.45) is 33.7 Å². The van der Waals surface area contributed by atoms with E-state index in [1.165, 1.54) is 19.1 Å². The summed E-state index contributed by atoms with van der Waals surface area (Å²) in [4.78, 5) is 16.3. The third kappa shape index (κ3) is 2.85. The second-order valence-electron chi connectivity index (χ2n) is 9.84. The highest BCUT2D eigenvalue weighted by atomic mass is 16.6. The van der Waals surface area contributed by atoms with Gasteiger partial charge in [0.25, 0.3) is 0 Å². The minimum Gasteiger partial charge on any atom is -0.466 e. The van der Waals surface area contributed by atoms with E-state index in [4.69, 9.17) is 4.84 Å². The summed E-state index contributed by atoms with van der Waals surface area (Å²) in [6, 6.07) is 0. The molecule has 0 aromatic heterocycles. The molecule has 4 aliphatic rings. The molecule has 6 atom stereocenters. The first-order valence-electron chi connectivity index (χ1n) is 10.6. The largest absolute Gasteiger partial charge is 0.466 e. The van der Waals surface area contributed by atoms with Gasteiger partial charge in [-0.25, -0.2) is 4.79 Å². The highest BCUT2D eigenvalue weighted by Crippen LogP contribution is 2.66. The van der Waals surface area contributed by atoms with Crippen molar-refractivity contribution in [1.29, 1.82) is 0 Å². The summed E-state index contributed by atoms with van der Waals surface area (Å²) >= 11 is 0. The first-order chi connectivity index (χ1) is 13.2. The molecule has 4 aliphatic carbocycles. The maximum absolute atomic E-state index is 11.2. The molecular weight excluding hydrogens is 354 g/mol. The first kappa shape index (κ1) is 19.7. The van der Waals surface area contributed by atoms with Crippen LogP contribution >= 0.6 is 0 Å². The molecule has 3 saturated carbocycles. The molecule has 3 fully saturated rings. The minimum atomic E-state index is -0.529. The molecule has 0 amide bonds. The van der Waals surface area contributed by atoms with Gasteiger partial charge in [0.15, 0.2) is 0 Å². The van der Waals surface area contributed by atoms with Gasteiger partial charge in [0.1, 0.15) is 5.71 Å². The molecule has 0 aromatic carbocycles. The van der Waals surface area contributed by atoms with Crippen LogP contribution in [0.1, 0.15) is 59.3 Å². The molecule has 0 spiro atoms. The smallest absolute Gasteiger partial charge is 0.346 e. The van der Waals surface area contributed by atoms with Crippen LogP contribution in [0.2, 0.25) is 0 Å². The highest BCUT2D eigenvalue weighted by molar-refractivity contribution is 6.05. The number of oxime groups is 1. The summed E-state index contributed by atoms with van der Waals surface area (Å²) in [7, 11) is 1.34. The van der Waals surface area contributed by atoms with Crippen molar-refractivity contribution < 1.29 is 19.5 Å². The maximum Gasteiger partial charge on any atom is 0.346 e. The predicted molar refractivity (Wildman–Crippen MR) is 108 cm³/mol. The number of nitrogens with zero attached hydrogens (tertiary/aromatic N) is 1. The molecular formula is C23H33NO4. The number of hydrogen-bond acceptors (Lipinski definition) is 5. The monoisotopic (exact) mass is 387 g/mol. The second kappa shape index (κ2) is 6.72. The van der Waals surface area contributed by atoms with Crippen molar-refractivity contribution in [1.82, 2.24) is 0 Å². The zero-order chi connectivity index (χ0) is 20.2. The van der Waals surface area contributed by atoms with Crippen molar-refractivity contribution in [3.05, 3.63) is 23.8 Å². The van der Waals surface area contributed by atoms with Crippen LogP contribution in [0.15, 0.2) is 29.0 Å². The molecule has 0 heterocycles. The number of methoxy groups -OCH3 is 1. The summed E-state index contributed by atoms with van der Waals surface area (Å²) in [5, 5.41) is 15.1. The van der Waals surface area contributed by atoms with Crippen LogP contribution in [0.5, 0.6) is 0 Å². The summed E-state index contributed by atoms with van der Waals surface area (Å²) in [6.07, 6.45) is 13.1. The lowest BCUT2D eigenvalue weighted by molar-refractivity contribution is -0.145. The predicted octanol–water partition coefficient (Wildman–Crippen LogP) is 4.02. The fraction of sp³-hybridized carbons (Fsp3) is 0.739. The van der Waals surface area contributed by atoms with Crippen LogP contribution in [0.25, 0.3) is 0 Å². The number of carbonyl (C=O) groups is 1. The van der Waals surface area contributed by atoms with E-state index in [0.29, 0.717) is 17.8 Å². The average Bonchev–Trinajstić information content (AvgIpc) is 2.91. The molecule has 28 heavy (non-hydrogen) atoms. The summed E-state index contributed by atoms with van der Waals surface area (Å²) in [5.41, 5.74) is 1.77. The Labute approximate surface area is 167 Å². The molecule has 0 aromatic rings. The normalized spacial score (nSPS) is 45.7. The number of esters is 1. The van der Waals surface area contributed by atoms with Crippen molar-refractivity contribution >= 4 is 11.7 Å². The van der Waals surface area contributed by atoms with E-state index in [0.717, 1.165) is 37.8 Å². The number of carbonyl (C=O) groups excluding carboxylic acids is 1. The summed E-state index contributed by atoms with van der Waals surface area (Å²) in [5.74, 6) is 1.48. The van der Waals surface area contributed by atoms with E-state index in [1.54, 1.807) is 0 Å². The Bertz CT molecular complexity index is 752. The number of fused-ring (bicyclic) bond motifs is 5. The van der Waals surface area contributed by atoms with Crippen LogP contribution in [0.3, 0.4) is 0 Å². The quantitative estimate of drug-likeness (QED) is 0.587. The first-order valence-corrected chi connectivity index (χ1v) is 10.6. The second-order valence-corrected chi connectivity index (χ2v) is 9.84. The van der Waals surface area contributed by atoms with Crippen LogP contribution < -0.4 is 0 Å².